The van der Waals surface area contributed by atoms with Crippen LogP contribution in [0.25, 0.3) is 0 Å². The molecule has 1 heterocycles. The topological polar surface area (TPSA) is 84.9 Å². The summed E-state index contributed by atoms with van der Waals surface area (Å²) in [5.74, 6) is 0.732. The van der Waals surface area contributed by atoms with E-state index < -0.39 is 22.0 Å². The van der Waals surface area contributed by atoms with Crippen molar-refractivity contribution in [3.63, 3.8) is 0 Å². The average Bonchev–Trinajstić information content (AvgIpc) is 2.86. The second-order valence-electron chi connectivity index (χ2n) is 7.51. The molecule has 0 bridgehead atoms. The minimum Gasteiger partial charge on any atom is -0.486 e. The number of carbonyl (C=O) groups excluding carboxylic acids is 1. The monoisotopic (exact) mass is 498 g/mol. The summed E-state index contributed by atoms with van der Waals surface area (Å²) in [4.78, 5) is 12.8. The third-order valence-electron chi connectivity index (χ3n) is 5.17. The Hall–Kier alpha value is -3.49. The molecule has 0 spiro atoms. The number of benzene rings is 3. The Bertz CT molecular complexity index is 1300. The Labute approximate surface area is 203 Å². The van der Waals surface area contributed by atoms with Gasteiger partial charge in [-0.2, -0.15) is 0 Å². The van der Waals surface area contributed by atoms with Crippen molar-refractivity contribution >= 4 is 33.2 Å². The second-order valence-corrected chi connectivity index (χ2v) is 9.78. The van der Waals surface area contributed by atoms with Crippen LogP contribution in [0.2, 0.25) is 5.02 Å². The molecule has 3 aromatic rings. The molecule has 176 valence electrons. The van der Waals surface area contributed by atoms with E-state index in [1.54, 1.807) is 42.5 Å². The molecule has 0 aromatic heterocycles. The Morgan fingerprint density at radius 2 is 1.79 bits per heavy atom. The lowest BCUT2D eigenvalue weighted by molar-refractivity contribution is 0.0789. The molecular formula is C25H23ClN2O5S. The first-order valence-corrected chi connectivity index (χ1v) is 12.4. The van der Waals surface area contributed by atoms with Crippen molar-refractivity contribution < 1.29 is 22.7 Å². The van der Waals surface area contributed by atoms with Crippen LogP contribution in [0, 0.1) is 0 Å². The summed E-state index contributed by atoms with van der Waals surface area (Å²) < 4.78 is 39.5. The Morgan fingerprint density at radius 3 is 2.53 bits per heavy atom. The fraction of sp³-hybridized carbons (Fsp3) is 0.160. The van der Waals surface area contributed by atoms with E-state index in [0.717, 1.165) is 0 Å². The van der Waals surface area contributed by atoms with Crippen LogP contribution in [0.15, 0.2) is 90.3 Å². The molecule has 9 heteroatoms. The first-order valence-electron chi connectivity index (χ1n) is 10.5. The number of fused-ring (bicyclic) bond motifs is 1. The first-order chi connectivity index (χ1) is 16.4. The third-order valence-corrected chi connectivity index (χ3v) is 7.29. The van der Waals surface area contributed by atoms with Crippen molar-refractivity contribution in [3.05, 3.63) is 96.0 Å². The van der Waals surface area contributed by atoms with Gasteiger partial charge >= 0.3 is 0 Å². The summed E-state index contributed by atoms with van der Waals surface area (Å²) in [6.45, 7) is 4.16. The van der Waals surface area contributed by atoms with Gasteiger partial charge in [0, 0.05) is 0 Å². The van der Waals surface area contributed by atoms with E-state index in [-0.39, 0.29) is 35.2 Å². The zero-order valence-corrected chi connectivity index (χ0v) is 19.8. The normalized spacial score (nSPS) is 14.8. The maximum absolute atomic E-state index is 13.4. The number of halogens is 1. The van der Waals surface area contributed by atoms with Crippen molar-refractivity contribution in [3.8, 4) is 11.5 Å². The van der Waals surface area contributed by atoms with Crippen LogP contribution in [0.1, 0.15) is 10.4 Å². The summed E-state index contributed by atoms with van der Waals surface area (Å²) in [5.41, 5.74) is 0.532. The number of anilines is 1. The lowest BCUT2D eigenvalue weighted by Crippen LogP contribution is -2.40. The predicted octanol–water partition coefficient (Wildman–Crippen LogP) is 4.29. The van der Waals surface area contributed by atoms with Gasteiger partial charge in [-0.25, -0.2) is 8.42 Å². The molecule has 4 rings (SSSR count). The minimum atomic E-state index is -3.98. The van der Waals surface area contributed by atoms with Gasteiger partial charge in [0.15, 0.2) is 11.5 Å². The van der Waals surface area contributed by atoms with Gasteiger partial charge in [-0.05, 0) is 42.5 Å². The molecule has 3 aromatic carbocycles. The molecule has 7 nitrogen and oxygen atoms in total. The van der Waals surface area contributed by atoms with Crippen LogP contribution in [-0.2, 0) is 10.0 Å². The zero-order valence-electron chi connectivity index (χ0n) is 18.2. The third kappa shape index (κ3) is 5.03. The molecule has 0 fully saturated rings. The molecule has 0 saturated heterocycles. The maximum Gasteiger partial charge on any atom is 0.264 e. The van der Waals surface area contributed by atoms with Crippen LogP contribution >= 0.6 is 11.6 Å². The van der Waals surface area contributed by atoms with E-state index in [0.29, 0.717) is 17.2 Å². The standard InChI is InChI=1S/C25H23ClN2O5S/c1-2-14-28(18-8-4-3-5-9-18)34(30,31)20-12-13-22(26)21(15-20)25(29)27-16-19-17-32-23-10-6-7-11-24(23)33-19/h2-13,15,19H,1,14,16-17H2,(H,27,29)/t19-/m0/s1. The Kier molecular flexibility index (Phi) is 7.09. The molecular weight excluding hydrogens is 476 g/mol. The van der Waals surface area contributed by atoms with Gasteiger partial charge in [0.1, 0.15) is 12.7 Å². The van der Waals surface area contributed by atoms with Crippen molar-refractivity contribution in [2.45, 2.75) is 11.0 Å². The van der Waals surface area contributed by atoms with Gasteiger partial charge in [0.25, 0.3) is 15.9 Å². The molecule has 1 aliphatic heterocycles. The summed E-state index contributed by atoms with van der Waals surface area (Å²) in [7, 11) is -3.98. The summed E-state index contributed by atoms with van der Waals surface area (Å²) >= 11 is 6.25. The molecule has 34 heavy (non-hydrogen) atoms. The number of para-hydroxylation sites is 3. The van der Waals surface area contributed by atoms with Crippen molar-refractivity contribution in [2.24, 2.45) is 0 Å². The van der Waals surface area contributed by atoms with Gasteiger partial charge < -0.3 is 14.8 Å². The predicted molar refractivity (Wildman–Crippen MR) is 131 cm³/mol. The smallest absolute Gasteiger partial charge is 0.264 e. The minimum absolute atomic E-state index is 0.0477. The van der Waals surface area contributed by atoms with Crippen LogP contribution in [0.4, 0.5) is 5.69 Å². The highest BCUT2D eigenvalue weighted by Crippen LogP contribution is 2.31. The molecule has 0 saturated carbocycles. The van der Waals surface area contributed by atoms with Gasteiger partial charge in [-0.15, -0.1) is 6.58 Å². The van der Waals surface area contributed by atoms with Crippen LogP contribution in [0.5, 0.6) is 11.5 Å². The number of ether oxygens (including phenoxy) is 2. The Morgan fingerprint density at radius 1 is 1.09 bits per heavy atom. The van der Waals surface area contributed by atoms with E-state index in [2.05, 4.69) is 11.9 Å². The first kappa shape index (κ1) is 23.7. The van der Waals surface area contributed by atoms with E-state index in [1.165, 1.54) is 28.6 Å². The summed E-state index contributed by atoms with van der Waals surface area (Å²) in [5, 5.41) is 2.89. The number of rotatable bonds is 8. The molecule has 1 N–H and O–H groups in total. The lowest BCUT2D eigenvalue weighted by Gasteiger charge is -2.26. The quantitative estimate of drug-likeness (QED) is 0.468. The average molecular weight is 499 g/mol. The number of sulfonamides is 1. The number of nitrogens with zero attached hydrogens (tertiary/aromatic N) is 1. The van der Waals surface area contributed by atoms with E-state index in [4.69, 9.17) is 21.1 Å². The van der Waals surface area contributed by atoms with Crippen LogP contribution in [0.3, 0.4) is 0 Å². The van der Waals surface area contributed by atoms with E-state index >= 15 is 0 Å². The molecule has 1 atom stereocenters. The van der Waals surface area contributed by atoms with Crippen LogP contribution in [-0.4, -0.2) is 40.1 Å². The molecule has 1 aliphatic rings. The van der Waals surface area contributed by atoms with E-state index in [9.17, 15) is 13.2 Å². The highest BCUT2D eigenvalue weighted by Gasteiger charge is 2.27. The number of nitrogens with one attached hydrogen (secondary N) is 1. The maximum atomic E-state index is 13.4. The molecule has 0 aliphatic carbocycles. The Balaban J connectivity index is 1.52. The van der Waals surface area contributed by atoms with Crippen molar-refractivity contribution in [1.29, 1.82) is 0 Å². The molecule has 1 amide bonds. The number of hydrogen-bond acceptors (Lipinski definition) is 5. The zero-order chi connectivity index (χ0) is 24.1. The molecule has 0 radical (unpaired) electrons. The second kappa shape index (κ2) is 10.2. The number of carbonyl (C=O) groups is 1. The number of amides is 1. The summed E-state index contributed by atoms with van der Waals surface area (Å²) in [6.07, 6.45) is 1.10. The fourth-order valence-corrected chi connectivity index (χ4v) is 5.15. The highest BCUT2D eigenvalue weighted by molar-refractivity contribution is 7.92. The van der Waals surface area contributed by atoms with E-state index in [1.807, 2.05) is 12.1 Å². The fourth-order valence-electron chi connectivity index (χ4n) is 3.49. The van der Waals surface area contributed by atoms with Crippen molar-refractivity contribution in [1.82, 2.24) is 5.32 Å². The lowest BCUT2D eigenvalue weighted by atomic mass is 10.2. The van der Waals surface area contributed by atoms with Gasteiger partial charge in [-0.3, -0.25) is 9.10 Å². The summed E-state index contributed by atoms with van der Waals surface area (Å²) in [6, 6.07) is 20.0. The largest absolute Gasteiger partial charge is 0.486 e. The number of hydrogen-bond donors (Lipinski definition) is 1. The van der Waals surface area contributed by atoms with Gasteiger partial charge in [0.05, 0.1) is 34.3 Å². The molecule has 0 unspecified atom stereocenters. The van der Waals surface area contributed by atoms with Gasteiger partial charge in [0.2, 0.25) is 0 Å². The highest BCUT2D eigenvalue weighted by atomic mass is 35.5. The van der Waals surface area contributed by atoms with Gasteiger partial charge in [-0.1, -0.05) is 48.0 Å². The van der Waals surface area contributed by atoms with Crippen LogP contribution < -0.4 is 19.1 Å². The van der Waals surface area contributed by atoms with Crippen molar-refractivity contribution in [2.75, 3.05) is 24.0 Å². The SMILES string of the molecule is C=CCN(c1ccccc1)S(=O)(=O)c1ccc(Cl)c(C(=O)NC[C@H]2COc3ccccc3O2)c1.